The van der Waals surface area contributed by atoms with Crippen LogP contribution in [0.4, 0.5) is 0 Å². The average Bonchev–Trinajstić information content (AvgIpc) is 2.32. The highest BCUT2D eigenvalue weighted by molar-refractivity contribution is 6.30. The number of rotatable bonds is 3. The maximum atomic E-state index is 10.8. The molecule has 0 bridgehead atoms. The van der Waals surface area contributed by atoms with Gasteiger partial charge < -0.3 is 5.11 Å². The fourth-order valence-corrected chi connectivity index (χ4v) is 3.19. The minimum atomic E-state index is -0.499. The molecule has 1 nitrogen and oxygen atoms in total. The van der Waals surface area contributed by atoms with Crippen LogP contribution in [0.15, 0.2) is 24.3 Å². The quantitative estimate of drug-likeness (QED) is 0.854. The molecule has 2 unspecified atom stereocenters. The predicted octanol–water partition coefficient (Wildman–Crippen LogP) is 4.21. The Hall–Kier alpha value is -0.530. The van der Waals surface area contributed by atoms with Crippen LogP contribution in [0.2, 0.25) is 5.02 Å². The van der Waals surface area contributed by atoms with E-state index in [4.69, 9.17) is 11.6 Å². The average molecular weight is 253 g/mol. The fraction of sp³-hybridized carbons (Fsp3) is 0.600. The lowest BCUT2D eigenvalue weighted by Gasteiger charge is -2.40. The molecule has 0 heterocycles. The third-order valence-corrected chi connectivity index (χ3v) is 4.34. The van der Waals surface area contributed by atoms with Gasteiger partial charge in [-0.25, -0.2) is 0 Å². The van der Waals surface area contributed by atoms with Gasteiger partial charge in [-0.1, -0.05) is 49.9 Å². The van der Waals surface area contributed by atoms with Crippen LogP contribution in [-0.2, 0) is 6.42 Å². The van der Waals surface area contributed by atoms with E-state index in [1.807, 2.05) is 24.3 Å². The number of hydrogen-bond acceptors (Lipinski definition) is 1. The van der Waals surface area contributed by atoms with Crippen molar-refractivity contribution in [1.29, 1.82) is 0 Å². The van der Waals surface area contributed by atoms with E-state index in [2.05, 4.69) is 6.92 Å². The summed E-state index contributed by atoms with van der Waals surface area (Å²) in [4.78, 5) is 0. The topological polar surface area (TPSA) is 20.2 Å². The minimum absolute atomic E-state index is 0.451. The molecule has 2 rings (SSSR count). The monoisotopic (exact) mass is 252 g/mol. The Morgan fingerprint density at radius 2 is 2.00 bits per heavy atom. The molecule has 0 aliphatic heterocycles. The van der Waals surface area contributed by atoms with Gasteiger partial charge in [0.05, 0.1) is 5.60 Å². The van der Waals surface area contributed by atoms with Crippen LogP contribution in [0, 0.1) is 5.92 Å². The SMILES string of the molecule is CCC1CCCCC1(O)Cc1ccc(Cl)cc1. The van der Waals surface area contributed by atoms with E-state index in [1.165, 1.54) is 18.4 Å². The van der Waals surface area contributed by atoms with Crippen LogP contribution in [-0.4, -0.2) is 10.7 Å². The van der Waals surface area contributed by atoms with Crippen molar-refractivity contribution in [3.05, 3.63) is 34.9 Å². The highest BCUT2D eigenvalue weighted by Crippen LogP contribution is 2.38. The van der Waals surface area contributed by atoms with Crippen molar-refractivity contribution in [2.45, 2.75) is 51.0 Å². The first-order valence-electron chi connectivity index (χ1n) is 6.61. The second-order valence-corrected chi connectivity index (χ2v) is 5.69. The molecule has 0 saturated heterocycles. The van der Waals surface area contributed by atoms with E-state index in [-0.39, 0.29) is 0 Å². The second kappa shape index (κ2) is 5.41. The maximum absolute atomic E-state index is 10.8. The smallest absolute Gasteiger partial charge is 0.0715 e. The van der Waals surface area contributed by atoms with Crippen LogP contribution in [0.3, 0.4) is 0 Å². The Kier molecular flexibility index (Phi) is 4.11. The molecule has 0 radical (unpaired) electrons. The van der Waals surface area contributed by atoms with E-state index in [0.29, 0.717) is 5.92 Å². The first kappa shape index (κ1) is 12.9. The Morgan fingerprint density at radius 3 is 2.65 bits per heavy atom. The zero-order valence-electron chi connectivity index (χ0n) is 10.5. The van der Waals surface area contributed by atoms with Crippen molar-refractivity contribution < 1.29 is 5.11 Å². The van der Waals surface area contributed by atoms with E-state index in [1.54, 1.807) is 0 Å². The summed E-state index contributed by atoms with van der Waals surface area (Å²) in [6.45, 7) is 2.18. The molecule has 1 aromatic rings. The summed E-state index contributed by atoms with van der Waals surface area (Å²) in [6, 6.07) is 7.87. The maximum Gasteiger partial charge on any atom is 0.0715 e. The molecule has 94 valence electrons. The third-order valence-electron chi connectivity index (χ3n) is 4.09. The van der Waals surface area contributed by atoms with Crippen molar-refractivity contribution in [1.82, 2.24) is 0 Å². The molecular weight excluding hydrogens is 232 g/mol. The van der Waals surface area contributed by atoms with Gasteiger partial charge in [0, 0.05) is 11.4 Å². The van der Waals surface area contributed by atoms with Gasteiger partial charge in [0.2, 0.25) is 0 Å². The van der Waals surface area contributed by atoms with Crippen molar-refractivity contribution in [2.24, 2.45) is 5.92 Å². The molecule has 0 spiro atoms. The van der Waals surface area contributed by atoms with Gasteiger partial charge in [-0.3, -0.25) is 0 Å². The second-order valence-electron chi connectivity index (χ2n) is 5.26. The lowest BCUT2D eigenvalue weighted by molar-refractivity contribution is -0.0491. The van der Waals surface area contributed by atoms with E-state index < -0.39 is 5.60 Å². The molecule has 0 amide bonds. The van der Waals surface area contributed by atoms with E-state index in [9.17, 15) is 5.11 Å². The molecule has 2 heteroatoms. The van der Waals surface area contributed by atoms with Crippen LogP contribution < -0.4 is 0 Å². The van der Waals surface area contributed by atoms with Gasteiger partial charge >= 0.3 is 0 Å². The summed E-state index contributed by atoms with van der Waals surface area (Å²) in [5.74, 6) is 0.451. The lowest BCUT2D eigenvalue weighted by atomic mass is 9.71. The fourth-order valence-electron chi connectivity index (χ4n) is 3.07. The van der Waals surface area contributed by atoms with Gasteiger partial charge in [0.25, 0.3) is 0 Å². The zero-order valence-corrected chi connectivity index (χ0v) is 11.2. The van der Waals surface area contributed by atoms with Gasteiger partial charge in [-0.2, -0.15) is 0 Å². The van der Waals surface area contributed by atoms with Gasteiger partial charge in [-0.15, -0.1) is 0 Å². The van der Waals surface area contributed by atoms with Crippen molar-refractivity contribution in [3.8, 4) is 0 Å². The normalized spacial score (nSPS) is 29.2. The minimum Gasteiger partial charge on any atom is -0.389 e. The molecule has 1 aliphatic rings. The summed E-state index contributed by atoms with van der Waals surface area (Å²) in [6.07, 6.45) is 6.36. The molecular formula is C15H21ClO. The van der Waals surface area contributed by atoms with Crippen LogP contribution in [0.25, 0.3) is 0 Å². The molecule has 1 N–H and O–H groups in total. The molecule has 1 aromatic carbocycles. The van der Waals surface area contributed by atoms with Crippen molar-refractivity contribution in [2.75, 3.05) is 0 Å². The van der Waals surface area contributed by atoms with Crippen molar-refractivity contribution in [3.63, 3.8) is 0 Å². The first-order chi connectivity index (χ1) is 8.14. The molecule has 1 aliphatic carbocycles. The first-order valence-corrected chi connectivity index (χ1v) is 6.98. The van der Waals surface area contributed by atoms with Gasteiger partial charge in [0.1, 0.15) is 0 Å². The Morgan fingerprint density at radius 1 is 1.29 bits per heavy atom. The largest absolute Gasteiger partial charge is 0.389 e. The zero-order chi connectivity index (χ0) is 12.3. The Bertz CT molecular complexity index is 360. The summed E-state index contributed by atoms with van der Waals surface area (Å²) >= 11 is 5.88. The molecule has 2 atom stereocenters. The van der Waals surface area contributed by atoms with Gasteiger partial charge in [-0.05, 0) is 36.5 Å². The number of benzene rings is 1. The predicted molar refractivity (Wildman–Crippen MR) is 72.4 cm³/mol. The number of halogens is 1. The third kappa shape index (κ3) is 3.02. The van der Waals surface area contributed by atoms with Crippen LogP contribution >= 0.6 is 11.6 Å². The number of hydrogen-bond donors (Lipinski definition) is 1. The van der Waals surface area contributed by atoms with E-state index in [0.717, 1.165) is 30.7 Å². The Labute approximate surface area is 109 Å². The van der Waals surface area contributed by atoms with Crippen molar-refractivity contribution >= 4 is 11.6 Å². The highest BCUT2D eigenvalue weighted by Gasteiger charge is 2.37. The lowest BCUT2D eigenvalue weighted by Crippen LogP contribution is -2.42. The van der Waals surface area contributed by atoms with Gasteiger partial charge in [0.15, 0.2) is 0 Å². The highest BCUT2D eigenvalue weighted by atomic mass is 35.5. The summed E-state index contributed by atoms with van der Waals surface area (Å²) in [5.41, 5.74) is 0.693. The summed E-state index contributed by atoms with van der Waals surface area (Å²) in [7, 11) is 0. The summed E-state index contributed by atoms with van der Waals surface area (Å²) < 4.78 is 0. The summed E-state index contributed by atoms with van der Waals surface area (Å²) in [5, 5.41) is 11.6. The molecule has 0 aromatic heterocycles. The molecule has 1 fully saturated rings. The number of aliphatic hydroxyl groups is 1. The molecule has 1 saturated carbocycles. The van der Waals surface area contributed by atoms with E-state index >= 15 is 0 Å². The molecule has 17 heavy (non-hydrogen) atoms. The van der Waals surface area contributed by atoms with Crippen LogP contribution in [0.5, 0.6) is 0 Å². The van der Waals surface area contributed by atoms with Crippen LogP contribution in [0.1, 0.15) is 44.6 Å². The Balaban J connectivity index is 2.11. The standard InChI is InChI=1S/C15H21ClO/c1-2-13-5-3-4-10-15(13,17)11-12-6-8-14(16)9-7-12/h6-9,13,17H,2-5,10-11H2,1H3.